The summed E-state index contributed by atoms with van der Waals surface area (Å²) in [7, 11) is 1.50. The normalized spacial score (nSPS) is 8.59. The van der Waals surface area contributed by atoms with Crippen LogP contribution in [0.15, 0.2) is 30.3 Å². The first-order valence-electron chi connectivity index (χ1n) is 7.59. The first kappa shape index (κ1) is 22.4. The summed E-state index contributed by atoms with van der Waals surface area (Å²) in [6, 6.07) is 9.99. The highest BCUT2D eigenvalue weighted by Gasteiger charge is 2.03. The van der Waals surface area contributed by atoms with Crippen LogP contribution in [-0.2, 0) is 25.5 Å². The molecule has 0 aliphatic carbocycles. The van der Waals surface area contributed by atoms with E-state index in [2.05, 4.69) is 10.5 Å². The molecule has 0 aliphatic heterocycles. The maximum Gasteiger partial charge on any atom is 0.305 e. The molecule has 0 aromatic heterocycles. The van der Waals surface area contributed by atoms with Gasteiger partial charge in [0.2, 0.25) is 0 Å². The predicted octanol–water partition coefficient (Wildman–Crippen LogP) is 2.72. The smallest absolute Gasteiger partial charge is 0.305 e. The van der Waals surface area contributed by atoms with Gasteiger partial charge in [-0.2, -0.15) is 0 Å². The molecule has 2 N–H and O–H groups in total. The van der Waals surface area contributed by atoms with Crippen LogP contribution < -0.4 is 5.73 Å². The fourth-order valence-electron chi connectivity index (χ4n) is 1.49. The van der Waals surface area contributed by atoms with E-state index in [-0.39, 0.29) is 25.2 Å². The largest absolute Gasteiger partial charge is 0.462 e. The van der Waals surface area contributed by atoms with E-state index in [4.69, 9.17) is 4.74 Å². The van der Waals surface area contributed by atoms with Gasteiger partial charge in [-0.1, -0.05) is 44.2 Å². The Kier molecular flexibility index (Phi) is 17.5. The lowest BCUT2D eigenvalue weighted by molar-refractivity contribution is -0.151. The Morgan fingerprint density at radius 2 is 1.55 bits per heavy atom. The minimum Gasteiger partial charge on any atom is -0.462 e. The van der Waals surface area contributed by atoms with Gasteiger partial charge in [0.1, 0.15) is 13.2 Å². The molecule has 1 aromatic rings. The van der Waals surface area contributed by atoms with E-state index in [1.807, 2.05) is 44.2 Å². The Morgan fingerprint density at radius 3 is 2.09 bits per heavy atom. The molecule has 1 rings (SSSR count). The number of carbonyl (C=O) groups is 2. The average Bonchev–Trinajstić information content (AvgIpc) is 2.56. The van der Waals surface area contributed by atoms with Gasteiger partial charge in [0.05, 0.1) is 0 Å². The molecule has 5 heteroatoms. The summed E-state index contributed by atoms with van der Waals surface area (Å²) < 4.78 is 9.56. The topological polar surface area (TPSA) is 78.6 Å². The van der Waals surface area contributed by atoms with Crippen molar-refractivity contribution in [3.05, 3.63) is 35.9 Å². The van der Waals surface area contributed by atoms with Crippen molar-refractivity contribution in [2.75, 3.05) is 20.3 Å². The molecule has 0 fully saturated rings. The Morgan fingerprint density at radius 1 is 1.00 bits per heavy atom. The highest BCUT2D eigenvalue weighted by molar-refractivity contribution is 5.69. The van der Waals surface area contributed by atoms with Crippen LogP contribution in [0, 0.1) is 0 Å². The third-order valence-electron chi connectivity index (χ3n) is 2.34. The van der Waals surface area contributed by atoms with E-state index in [9.17, 15) is 9.59 Å². The maximum atomic E-state index is 11.3. The number of nitrogens with two attached hydrogens (primary N) is 1. The van der Waals surface area contributed by atoms with Crippen molar-refractivity contribution in [3.63, 3.8) is 0 Å². The van der Waals surface area contributed by atoms with Crippen molar-refractivity contribution in [2.24, 2.45) is 5.73 Å². The molecule has 0 amide bonds. The van der Waals surface area contributed by atoms with E-state index in [0.717, 1.165) is 12.8 Å². The highest BCUT2D eigenvalue weighted by atomic mass is 16.6. The van der Waals surface area contributed by atoms with Crippen LogP contribution in [-0.4, -0.2) is 32.2 Å². The molecule has 0 aliphatic rings. The van der Waals surface area contributed by atoms with Crippen LogP contribution in [0.3, 0.4) is 0 Å². The van der Waals surface area contributed by atoms with Crippen molar-refractivity contribution >= 4 is 11.9 Å². The monoisotopic (exact) mass is 311 g/mol. The van der Waals surface area contributed by atoms with Crippen LogP contribution >= 0.6 is 0 Å². The van der Waals surface area contributed by atoms with Crippen molar-refractivity contribution in [1.29, 1.82) is 0 Å². The molecule has 0 radical (unpaired) electrons. The van der Waals surface area contributed by atoms with Crippen LogP contribution in [0.1, 0.15) is 39.2 Å². The number of carbonyl (C=O) groups excluding carboxylic acids is 2. The third kappa shape index (κ3) is 14.5. The number of ether oxygens (including phenoxy) is 2. The number of benzene rings is 1. The van der Waals surface area contributed by atoms with E-state index in [1.54, 1.807) is 0 Å². The summed E-state index contributed by atoms with van der Waals surface area (Å²) in [5.41, 5.74) is 5.71. The maximum absolute atomic E-state index is 11.3. The van der Waals surface area contributed by atoms with Gasteiger partial charge in [0, 0.05) is 13.3 Å². The summed E-state index contributed by atoms with van der Waals surface area (Å²) >= 11 is 0. The minimum atomic E-state index is -0.366. The molecule has 22 heavy (non-hydrogen) atoms. The van der Waals surface area contributed by atoms with Gasteiger partial charge in [0.15, 0.2) is 0 Å². The first-order valence-corrected chi connectivity index (χ1v) is 7.59. The summed E-state index contributed by atoms with van der Waals surface area (Å²) in [5.74, 6) is -0.617. The van der Waals surface area contributed by atoms with Crippen molar-refractivity contribution in [1.82, 2.24) is 0 Å². The van der Waals surface area contributed by atoms with Crippen LogP contribution in [0.5, 0.6) is 0 Å². The number of rotatable bonds is 7. The fraction of sp³-hybridized carbons (Fsp3) is 0.529. The lowest BCUT2D eigenvalue weighted by Gasteiger charge is -2.05. The number of hydrogen-bond donors (Lipinski definition) is 1. The molecule has 126 valence electrons. The van der Waals surface area contributed by atoms with Crippen molar-refractivity contribution < 1.29 is 19.1 Å². The molecule has 0 unspecified atom stereocenters. The van der Waals surface area contributed by atoms with E-state index < -0.39 is 0 Å². The van der Waals surface area contributed by atoms with E-state index in [1.165, 1.54) is 19.5 Å². The molecular formula is C17H29NO4. The molecule has 0 spiro atoms. The molecule has 0 bridgehead atoms. The Labute approximate surface area is 133 Å². The number of aryl methyl sites for hydroxylation is 1. The highest BCUT2D eigenvalue weighted by Crippen LogP contribution is 2.05. The zero-order chi connectivity index (χ0) is 17.2. The lowest BCUT2D eigenvalue weighted by Crippen LogP contribution is -2.12. The molecule has 0 saturated carbocycles. The van der Waals surface area contributed by atoms with Crippen LogP contribution in [0.25, 0.3) is 0 Å². The molecule has 0 atom stereocenters. The van der Waals surface area contributed by atoms with Crippen molar-refractivity contribution in [2.45, 2.75) is 40.0 Å². The molecule has 1 aromatic carbocycles. The summed E-state index contributed by atoms with van der Waals surface area (Å²) in [5, 5.41) is 0. The predicted molar refractivity (Wildman–Crippen MR) is 88.4 cm³/mol. The zero-order valence-electron chi connectivity index (χ0n) is 14.1. The van der Waals surface area contributed by atoms with Gasteiger partial charge in [-0.05, 0) is 25.5 Å². The number of hydrogen-bond acceptors (Lipinski definition) is 5. The molecule has 0 heterocycles. The second-order valence-corrected chi connectivity index (χ2v) is 3.90. The Balaban J connectivity index is 0. The van der Waals surface area contributed by atoms with Gasteiger partial charge < -0.3 is 15.2 Å². The third-order valence-corrected chi connectivity index (χ3v) is 2.34. The fourth-order valence-corrected chi connectivity index (χ4v) is 1.49. The standard InChI is InChI=1S/C14H18O4.C2H6.CH5N/c1-12(15)17-10-11-18-14(16)9-5-8-13-6-3-2-4-7-13;2*1-2/h2-4,6-7H,5,8-11H2,1H3;1-2H3;2H2,1H3. The molecule has 0 saturated heterocycles. The zero-order valence-corrected chi connectivity index (χ0v) is 14.1. The van der Waals surface area contributed by atoms with Gasteiger partial charge >= 0.3 is 11.9 Å². The van der Waals surface area contributed by atoms with E-state index in [0.29, 0.717) is 6.42 Å². The Bertz CT molecular complexity index is 380. The molecular weight excluding hydrogens is 282 g/mol. The van der Waals surface area contributed by atoms with Gasteiger partial charge in [-0.3, -0.25) is 9.59 Å². The SMILES string of the molecule is CC.CC(=O)OCCOC(=O)CCCc1ccccc1.CN. The number of esters is 2. The van der Waals surface area contributed by atoms with Gasteiger partial charge in [-0.25, -0.2) is 0 Å². The second-order valence-electron chi connectivity index (χ2n) is 3.90. The van der Waals surface area contributed by atoms with Gasteiger partial charge in [-0.15, -0.1) is 0 Å². The summed E-state index contributed by atoms with van der Waals surface area (Å²) in [6.45, 7) is 5.57. The Hall–Kier alpha value is -1.88. The minimum absolute atomic E-state index is 0.125. The summed E-state index contributed by atoms with van der Waals surface area (Å²) in [6.07, 6.45) is 2.01. The van der Waals surface area contributed by atoms with Crippen molar-refractivity contribution in [3.8, 4) is 0 Å². The van der Waals surface area contributed by atoms with Gasteiger partial charge in [0.25, 0.3) is 0 Å². The average molecular weight is 311 g/mol. The van der Waals surface area contributed by atoms with Crippen LogP contribution in [0.4, 0.5) is 0 Å². The second kappa shape index (κ2) is 17.2. The van der Waals surface area contributed by atoms with E-state index >= 15 is 0 Å². The molecule has 5 nitrogen and oxygen atoms in total. The van der Waals surface area contributed by atoms with Crippen LogP contribution in [0.2, 0.25) is 0 Å². The lowest BCUT2D eigenvalue weighted by atomic mass is 10.1. The summed E-state index contributed by atoms with van der Waals surface area (Å²) in [4.78, 5) is 21.8. The quantitative estimate of drug-likeness (QED) is 0.619. The first-order chi connectivity index (χ1) is 10.7.